The Hall–Kier alpha value is -2.32. The van der Waals surface area contributed by atoms with Crippen LogP contribution in [0.1, 0.15) is 16.9 Å². The summed E-state index contributed by atoms with van der Waals surface area (Å²) < 4.78 is 37.7. The maximum atomic E-state index is 12.6. The quantitative estimate of drug-likeness (QED) is 0.883. The van der Waals surface area contributed by atoms with Crippen molar-refractivity contribution in [1.82, 2.24) is 9.88 Å². The molecule has 0 bridgehead atoms. The van der Waals surface area contributed by atoms with E-state index in [1.54, 1.807) is 12.1 Å². The average molecular weight is 343 g/mol. The zero-order valence-corrected chi connectivity index (χ0v) is 12.7. The zero-order chi connectivity index (χ0) is 17.5. The number of hydrogen-bond acceptors (Lipinski definition) is 4. The fraction of sp³-hybridized carbons (Fsp3) is 0.533. The molecule has 0 saturated carbocycles. The first kappa shape index (κ1) is 16.5. The number of alkyl halides is 3. The number of anilines is 1. The van der Waals surface area contributed by atoms with Gasteiger partial charge in [-0.25, -0.2) is 9.78 Å². The first-order valence-electron chi connectivity index (χ1n) is 7.57. The molecule has 1 amide bonds. The van der Waals surface area contributed by atoms with E-state index in [1.807, 2.05) is 4.90 Å². The van der Waals surface area contributed by atoms with Crippen molar-refractivity contribution in [1.29, 1.82) is 0 Å². The van der Waals surface area contributed by atoms with Gasteiger partial charge in [0.15, 0.2) is 5.69 Å². The highest BCUT2D eigenvalue weighted by Crippen LogP contribution is 2.34. The Morgan fingerprint density at radius 3 is 2.54 bits per heavy atom. The summed E-state index contributed by atoms with van der Waals surface area (Å²) >= 11 is 0. The lowest BCUT2D eigenvalue weighted by molar-refractivity contribution is -0.184. The third-order valence-corrected chi connectivity index (χ3v) is 4.61. The highest BCUT2D eigenvalue weighted by atomic mass is 19.4. The van der Waals surface area contributed by atoms with E-state index in [2.05, 4.69) is 4.98 Å². The summed E-state index contributed by atoms with van der Waals surface area (Å²) in [5.41, 5.74) is -0.0741. The van der Waals surface area contributed by atoms with Crippen LogP contribution in [0.15, 0.2) is 18.2 Å². The van der Waals surface area contributed by atoms with Crippen LogP contribution in [-0.4, -0.2) is 59.2 Å². The van der Waals surface area contributed by atoms with Crippen molar-refractivity contribution in [3.8, 4) is 0 Å². The maximum Gasteiger partial charge on any atom is 0.471 e. The van der Waals surface area contributed by atoms with E-state index >= 15 is 0 Å². The van der Waals surface area contributed by atoms with Crippen LogP contribution in [-0.2, 0) is 4.79 Å². The molecule has 0 radical (unpaired) electrons. The number of aromatic carboxylic acids is 1. The number of likely N-dealkylation sites (tertiary alicyclic amines) is 1. The van der Waals surface area contributed by atoms with Gasteiger partial charge in [0.2, 0.25) is 0 Å². The van der Waals surface area contributed by atoms with Crippen molar-refractivity contribution >= 4 is 17.7 Å². The number of rotatable bonds is 2. The second-order valence-corrected chi connectivity index (χ2v) is 6.15. The lowest BCUT2D eigenvalue weighted by Crippen LogP contribution is -2.41. The summed E-state index contributed by atoms with van der Waals surface area (Å²) in [6.07, 6.45) is -4.20. The minimum atomic E-state index is -4.84. The second-order valence-electron chi connectivity index (χ2n) is 6.15. The van der Waals surface area contributed by atoms with Crippen LogP contribution in [0.4, 0.5) is 19.0 Å². The summed E-state index contributed by atoms with van der Waals surface area (Å²) in [5, 5.41) is 9.00. The highest BCUT2D eigenvalue weighted by Gasteiger charge is 2.48. The number of hydrogen-bond donors (Lipinski definition) is 1. The topological polar surface area (TPSA) is 73.7 Å². The van der Waals surface area contributed by atoms with Crippen molar-refractivity contribution in [2.24, 2.45) is 11.8 Å². The normalized spacial score (nSPS) is 24.0. The molecule has 3 heterocycles. The summed E-state index contributed by atoms with van der Waals surface area (Å²) in [5.74, 6) is -2.45. The van der Waals surface area contributed by atoms with Gasteiger partial charge in [0.25, 0.3) is 0 Å². The molecule has 6 nitrogen and oxygen atoms in total. The number of carboxylic acid groups (broad SMARTS) is 1. The maximum absolute atomic E-state index is 12.6. The predicted molar refractivity (Wildman–Crippen MR) is 77.6 cm³/mol. The molecule has 0 aromatic carbocycles. The molecule has 1 N–H and O–H groups in total. The van der Waals surface area contributed by atoms with Crippen molar-refractivity contribution in [3.63, 3.8) is 0 Å². The van der Waals surface area contributed by atoms with E-state index in [9.17, 15) is 22.8 Å². The molecule has 2 aliphatic rings. The Morgan fingerprint density at radius 1 is 1.17 bits per heavy atom. The smallest absolute Gasteiger partial charge is 0.471 e. The molecule has 130 valence electrons. The number of carboxylic acids is 1. The number of piperidine rings is 1. The van der Waals surface area contributed by atoms with Crippen molar-refractivity contribution in [2.45, 2.75) is 12.6 Å². The van der Waals surface area contributed by atoms with Crippen LogP contribution in [0.25, 0.3) is 0 Å². The van der Waals surface area contributed by atoms with Crippen molar-refractivity contribution in [3.05, 3.63) is 23.9 Å². The van der Waals surface area contributed by atoms with Gasteiger partial charge < -0.3 is 14.9 Å². The number of pyridine rings is 1. The Balaban J connectivity index is 1.70. The number of halogens is 3. The van der Waals surface area contributed by atoms with Crippen LogP contribution in [0.5, 0.6) is 0 Å². The molecule has 2 fully saturated rings. The standard InChI is InChI=1S/C15H16F3N3O3/c16-15(17,18)14(24)21-6-9-4-5-20(7-10(9)8-21)12-3-1-2-11(19-12)13(22)23/h1-3,9-10H,4-8H2,(H,22,23). The SMILES string of the molecule is O=C(O)c1cccc(N2CCC3CN(C(=O)C(F)(F)F)CC3C2)n1. The number of fused-ring (bicyclic) bond motifs is 1. The van der Waals surface area contributed by atoms with E-state index in [-0.39, 0.29) is 30.6 Å². The first-order valence-corrected chi connectivity index (χ1v) is 7.57. The van der Waals surface area contributed by atoms with E-state index in [1.165, 1.54) is 6.07 Å². The summed E-state index contributed by atoms with van der Waals surface area (Å²) in [6, 6.07) is 4.66. The monoisotopic (exact) mass is 343 g/mol. The summed E-state index contributed by atoms with van der Waals surface area (Å²) in [6.45, 7) is 1.23. The van der Waals surface area contributed by atoms with Crippen molar-refractivity contribution < 1.29 is 27.9 Å². The molecule has 9 heteroatoms. The van der Waals surface area contributed by atoms with Gasteiger partial charge in [-0.05, 0) is 30.4 Å². The molecule has 2 saturated heterocycles. The van der Waals surface area contributed by atoms with Gasteiger partial charge in [0.1, 0.15) is 5.82 Å². The van der Waals surface area contributed by atoms with Gasteiger partial charge in [-0.3, -0.25) is 4.79 Å². The molecular formula is C15H16F3N3O3. The van der Waals surface area contributed by atoms with E-state index in [0.717, 1.165) is 4.90 Å². The van der Waals surface area contributed by atoms with Gasteiger partial charge >= 0.3 is 18.1 Å². The average Bonchev–Trinajstić information content (AvgIpc) is 2.96. The summed E-state index contributed by atoms with van der Waals surface area (Å²) in [7, 11) is 0. The highest BCUT2D eigenvalue weighted by molar-refractivity contribution is 5.85. The largest absolute Gasteiger partial charge is 0.477 e. The Kier molecular flexibility index (Phi) is 4.10. The number of carbonyl (C=O) groups is 2. The Morgan fingerprint density at radius 2 is 1.88 bits per heavy atom. The van der Waals surface area contributed by atoms with Gasteiger partial charge in [0, 0.05) is 26.2 Å². The third-order valence-electron chi connectivity index (χ3n) is 4.61. The predicted octanol–water partition coefficient (Wildman–Crippen LogP) is 1.63. The van der Waals surface area contributed by atoms with Crippen LogP contribution in [0, 0.1) is 11.8 Å². The number of carbonyl (C=O) groups excluding carboxylic acids is 1. The van der Waals surface area contributed by atoms with Gasteiger partial charge in [-0.15, -0.1) is 0 Å². The minimum Gasteiger partial charge on any atom is -0.477 e. The molecule has 1 aromatic rings. The van der Waals surface area contributed by atoms with Gasteiger partial charge in [-0.1, -0.05) is 6.07 Å². The van der Waals surface area contributed by atoms with Crippen LogP contribution in [0.2, 0.25) is 0 Å². The van der Waals surface area contributed by atoms with E-state index < -0.39 is 18.1 Å². The van der Waals surface area contributed by atoms with Crippen molar-refractivity contribution in [2.75, 3.05) is 31.1 Å². The van der Waals surface area contributed by atoms with E-state index in [4.69, 9.17) is 5.11 Å². The van der Waals surface area contributed by atoms with Gasteiger partial charge in [0.05, 0.1) is 0 Å². The fourth-order valence-corrected chi connectivity index (χ4v) is 3.44. The molecule has 2 unspecified atom stereocenters. The second kappa shape index (κ2) is 5.95. The number of nitrogens with zero attached hydrogens (tertiary/aromatic N) is 3. The van der Waals surface area contributed by atoms with Crippen LogP contribution < -0.4 is 4.90 Å². The molecule has 3 rings (SSSR count). The lowest BCUT2D eigenvalue weighted by Gasteiger charge is -2.35. The molecule has 2 aliphatic heterocycles. The third kappa shape index (κ3) is 3.15. The molecule has 1 aromatic heterocycles. The van der Waals surface area contributed by atoms with Crippen LogP contribution in [0.3, 0.4) is 0 Å². The number of amides is 1. The van der Waals surface area contributed by atoms with E-state index in [0.29, 0.717) is 25.3 Å². The first-order chi connectivity index (χ1) is 11.3. The zero-order valence-electron chi connectivity index (χ0n) is 12.7. The van der Waals surface area contributed by atoms with Gasteiger partial charge in [-0.2, -0.15) is 13.2 Å². The minimum absolute atomic E-state index is 0.0372. The Labute approximate surface area is 135 Å². The molecule has 0 spiro atoms. The molecule has 0 aliphatic carbocycles. The molecule has 2 atom stereocenters. The Bertz CT molecular complexity index is 665. The van der Waals surface area contributed by atoms with Crippen LogP contribution >= 0.6 is 0 Å². The fourth-order valence-electron chi connectivity index (χ4n) is 3.44. The number of aromatic nitrogens is 1. The lowest BCUT2D eigenvalue weighted by atomic mass is 9.89. The summed E-state index contributed by atoms with van der Waals surface area (Å²) in [4.78, 5) is 29.2. The molecular weight excluding hydrogens is 327 g/mol. The molecule has 24 heavy (non-hydrogen) atoms.